The number of benzene rings is 1. The lowest BCUT2D eigenvalue weighted by atomic mass is 9.92. The largest absolute Gasteiger partial charge is 0.356 e. The minimum absolute atomic E-state index is 0.313. The molecule has 1 aliphatic carbocycles. The van der Waals surface area contributed by atoms with Gasteiger partial charge in [-0.1, -0.05) is 31.2 Å². The summed E-state index contributed by atoms with van der Waals surface area (Å²) >= 11 is 0. The van der Waals surface area contributed by atoms with E-state index in [2.05, 4.69) is 58.6 Å². The number of hydrogen-bond acceptors (Lipinski definition) is 2. The average Bonchev–Trinajstić information content (AvgIpc) is 3.41. The number of nitrogens with zero attached hydrogens (tertiary/aromatic N) is 2. The zero-order valence-electron chi connectivity index (χ0n) is 16.1. The Balaban J connectivity index is 1.50. The molecule has 0 spiro atoms. The van der Waals surface area contributed by atoms with Crippen LogP contribution >= 0.6 is 0 Å². The summed E-state index contributed by atoms with van der Waals surface area (Å²) in [5.41, 5.74) is 3.23. The molecule has 1 saturated heterocycles. The van der Waals surface area contributed by atoms with E-state index in [9.17, 15) is 0 Å². The smallest absolute Gasteiger partial charge is 0.191 e. The molecule has 2 aliphatic rings. The van der Waals surface area contributed by atoms with Crippen LogP contribution in [-0.2, 0) is 5.41 Å². The van der Waals surface area contributed by atoms with Gasteiger partial charge in [0.05, 0.1) is 0 Å². The van der Waals surface area contributed by atoms with Gasteiger partial charge in [-0.2, -0.15) is 0 Å². The maximum absolute atomic E-state index is 4.47. The number of hydrogen-bond donors (Lipinski definition) is 2. The molecule has 0 unspecified atom stereocenters. The summed E-state index contributed by atoms with van der Waals surface area (Å²) in [6, 6.07) is 9.37. The number of rotatable bonds is 6. The van der Waals surface area contributed by atoms with Crippen LogP contribution in [0.2, 0.25) is 0 Å². The van der Waals surface area contributed by atoms with E-state index >= 15 is 0 Å². The summed E-state index contributed by atoms with van der Waals surface area (Å²) < 4.78 is 0. The van der Waals surface area contributed by atoms with Crippen molar-refractivity contribution in [2.45, 2.75) is 57.4 Å². The zero-order chi connectivity index (χ0) is 17.7. The molecular formula is C21H34N4. The molecule has 138 valence electrons. The monoisotopic (exact) mass is 342 g/mol. The van der Waals surface area contributed by atoms with Crippen LogP contribution in [0.1, 0.15) is 50.2 Å². The zero-order valence-corrected chi connectivity index (χ0v) is 16.1. The Morgan fingerprint density at radius 2 is 1.96 bits per heavy atom. The van der Waals surface area contributed by atoms with Gasteiger partial charge < -0.3 is 15.5 Å². The second-order valence-electron chi connectivity index (χ2n) is 7.78. The molecule has 2 N–H and O–H groups in total. The molecule has 25 heavy (non-hydrogen) atoms. The Morgan fingerprint density at radius 1 is 1.24 bits per heavy atom. The fourth-order valence-electron chi connectivity index (χ4n) is 4.12. The predicted octanol–water partition coefficient (Wildman–Crippen LogP) is 3.07. The van der Waals surface area contributed by atoms with Gasteiger partial charge in [0.25, 0.3) is 0 Å². The minimum Gasteiger partial charge on any atom is -0.356 e. The number of guanidine groups is 1. The highest BCUT2D eigenvalue weighted by Crippen LogP contribution is 2.48. The first-order chi connectivity index (χ1) is 12.2. The van der Waals surface area contributed by atoms with Crippen LogP contribution in [0.15, 0.2) is 29.3 Å². The van der Waals surface area contributed by atoms with Gasteiger partial charge in [0, 0.05) is 38.1 Å². The van der Waals surface area contributed by atoms with Crippen molar-refractivity contribution < 1.29 is 0 Å². The van der Waals surface area contributed by atoms with E-state index in [1.807, 2.05) is 7.05 Å². The molecule has 0 atom stereocenters. The van der Waals surface area contributed by atoms with E-state index in [-0.39, 0.29) is 0 Å². The molecule has 1 aromatic rings. The topological polar surface area (TPSA) is 39.7 Å². The Labute approximate surface area is 153 Å². The molecule has 3 rings (SSSR count). The third kappa shape index (κ3) is 4.55. The van der Waals surface area contributed by atoms with Gasteiger partial charge in [0.2, 0.25) is 0 Å². The summed E-state index contributed by atoms with van der Waals surface area (Å²) in [5.74, 6) is 0.966. The molecule has 0 radical (unpaired) electrons. The molecule has 2 fully saturated rings. The highest BCUT2D eigenvalue weighted by molar-refractivity contribution is 5.80. The Hall–Kier alpha value is -1.55. The van der Waals surface area contributed by atoms with Gasteiger partial charge in [0.1, 0.15) is 0 Å². The molecule has 4 heteroatoms. The fourth-order valence-corrected chi connectivity index (χ4v) is 4.12. The summed E-state index contributed by atoms with van der Waals surface area (Å²) in [7, 11) is 1.88. The van der Waals surface area contributed by atoms with Crippen molar-refractivity contribution in [3.05, 3.63) is 35.4 Å². The fraction of sp³-hybridized carbons (Fsp3) is 0.667. The van der Waals surface area contributed by atoms with E-state index in [1.165, 1.54) is 62.9 Å². The van der Waals surface area contributed by atoms with Crippen molar-refractivity contribution in [2.75, 3.05) is 33.2 Å². The molecule has 0 bridgehead atoms. The van der Waals surface area contributed by atoms with Crippen LogP contribution in [0.5, 0.6) is 0 Å². The summed E-state index contributed by atoms with van der Waals surface area (Å²) in [5, 5.41) is 7.25. The number of aryl methyl sites for hydroxylation is 1. The quantitative estimate of drug-likeness (QED) is 0.616. The predicted molar refractivity (Wildman–Crippen MR) is 106 cm³/mol. The van der Waals surface area contributed by atoms with E-state index in [1.54, 1.807) is 0 Å². The number of nitrogens with one attached hydrogen (secondary N) is 2. The lowest BCUT2D eigenvalue weighted by molar-refractivity contribution is 0.206. The van der Waals surface area contributed by atoms with Gasteiger partial charge >= 0.3 is 0 Å². The van der Waals surface area contributed by atoms with Crippen molar-refractivity contribution in [1.29, 1.82) is 0 Å². The van der Waals surface area contributed by atoms with Crippen molar-refractivity contribution >= 4 is 5.96 Å². The van der Waals surface area contributed by atoms with E-state index < -0.39 is 0 Å². The first-order valence-corrected chi connectivity index (χ1v) is 9.92. The van der Waals surface area contributed by atoms with Crippen molar-refractivity contribution in [3.63, 3.8) is 0 Å². The maximum Gasteiger partial charge on any atom is 0.191 e. The highest BCUT2D eigenvalue weighted by atomic mass is 15.2. The van der Waals surface area contributed by atoms with E-state index in [0.717, 1.165) is 12.5 Å². The minimum atomic E-state index is 0.313. The second kappa shape index (κ2) is 8.22. The molecule has 4 nitrogen and oxygen atoms in total. The van der Waals surface area contributed by atoms with Gasteiger partial charge in [-0.25, -0.2) is 0 Å². The van der Waals surface area contributed by atoms with Crippen LogP contribution in [-0.4, -0.2) is 50.1 Å². The average molecular weight is 343 g/mol. The third-order valence-corrected chi connectivity index (χ3v) is 5.86. The van der Waals surface area contributed by atoms with Gasteiger partial charge in [0.15, 0.2) is 5.96 Å². The molecule has 0 amide bonds. The van der Waals surface area contributed by atoms with Gasteiger partial charge in [-0.05, 0) is 56.7 Å². The maximum atomic E-state index is 4.47. The molecule has 1 saturated carbocycles. The Morgan fingerprint density at radius 3 is 2.56 bits per heavy atom. The van der Waals surface area contributed by atoms with Crippen LogP contribution < -0.4 is 10.6 Å². The molecular weight excluding hydrogens is 308 g/mol. The van der Waals surface area contributed by atoms with Crippen molar-refractivity contribution in [1.82, 2.24) is 15.5 Å². The molecule has 1 heterocycles. The first kappa shape index (κ1) is 18.2. The lowest BCUT2D eigenvalue weighted by Gasteiger charge is -2.33. The third-order valence-electron chi connectivity index (χ3n) is 5.86. The van der Waals surface area contributed by atoms with Gasteiger partial charge in [-0.3, -0.25) is 4.99 Å². The van der Waals surface area contributed by atoms with Crippen LogP contribution in [0, 0.1) is 6.92 Å². The van der Waals surface area contributed by atoms with Crippen molar-refractivity contribution in [3.8, 4) is 0 Å². The van der Waals surface area contributed by atoms with Crippen LogP contribution in [0.25, 0.3) is 0 Å². The molecule has 1 aliphatic heterocycles. The standard InChI is InChI=1S/C21H34N4/c1-4-13-25-14-9-18(10-15-25)24-20(22-3)23-16-21(11-12-21)19-8-6-5-7-17(19)2/h5-8,18H,4,9-16H2,1-3H3,(H2,22,23,24). The highest BCUT2D eigenvalue weighted by Gasteiger charge is 2.44. The van der Waals surface area contributed by atoms with E-state index in [0.29, 0.717) is 11.5 Å². The van der Waals surface area contributed by atoms with Crippen LogP contribution in [0.4, 0.5) is 0 Å². The SMILES string of the molecule is CCCN1CCC(NC(=NC)NCC2(c3ccccc3C)CC2)CC1. The normalized spacial score (nSPS) is 21.2. The van der Waals surface area contributed by atoms with Gasteiger partial charge in [-0.15, -0.1) is 0 Å². The number of aliphatic imine (C=N–C) groups is 1. The second-order valence-corrected chi connectivity index (χ2v) is 7.78. The van der Waals surface area contributed by atoms with Crippen LogP contribution in [0.3, 0.4) is 0 Å². The lowest BCUT2D eigenvalue weighted by Crippen LogP contribution is -2.49. The summed E-state index contributed by atoms with van der Waals surface area (Å²) in [6.45, 7) is 9.11. The molecule has 0 aromatic heterocycles. The van der Waals surface area contributed by atoms with Crippen molar-refractivity contribution in [2.24, 2.45) is 4.99 Å². The Bertz CT molecular complexity index is 583. The summed E-state index contributed by atoms with van der Waals surface area (Å²) in [4.78, 5) is 7.04. The molecule has 1 aromatic carbocycles. The Kier molecular flexibility index (Phi) is 6.00. The van der Waals surface area contributed by atoms with E-state index in [4.69, 9.17) is 0 Å². The summed E-state index contributed by atoms with van der Waals surface area (Å²) in [6.07, 6.45) is 6.23. The number of piperidine rings is 1. The first-order valence-electron chi connectivity index (χ1n) is 9.92. The number of likely N-dealkylation sites (tertiary alicyclic amines) is 1.